The molecule has 4 aromatic rings. The topological polar surface area (TPSA) is 83.9 Å². The maximum atomic E-state index is 11.6. The highest BCUT2D eigenvalue weighted by Gasteiger charge is 2.34. The Labute approximate surface area is 258 Å². The molecule has 0 amide bonds. The lowest BCUT2D eigenvalue weighted by Crippen LogP contribution is -2.34. The Bertz CT molecular complexity index is 1720. The smallest absolute Gasteiger partial charge is 0.201 e. The van der Waals surface area contributed by atoms with Gasteiger partial charge in [-0.2, -0.15) is 0 Å². The molecule has 4 aliphatic heterocycles. The molecule has 6 bridgehead atoms. The van der Waals surface area contributed by atoms with E-state index in [1.54, 1.807) is 20.3 Å². The highest BCUT2D eigenvalue weighted by atomic mass is 16.5. The number of nitrogens with zero attached hydrogens (tertiary/aromatic N) is 2. The van der Waals surface area contributed by atoms with Gasteiger partial charge in [-0.15, -0.1) is 0 Å². The fourth-order valence-corrected chi connectivity index (χ4v) is 6.94. The molecule has 8 nitrogen and oxygen atoms in total. The summed E-state index contributed by atoms with van der Waals surface area (Å²) in [4.78, 5) is 4.65. The number of hydrogen-bond donors (Lipinski definition) is 2. The Hall–Kier alpha value is -4.40. The van der Waals surface area contributed by atoms with Crippen molar-refractivity contribution >= 4 is 0 Å². The molecule has 8 heteroatoms. The van der Waals surface area contributed by atoms with Crippen LogP contribution in [-0.2, 0) is 25.7 Å². The second kappa shape index (κ2) is 11.3. The molecule has 0 spiro atoms. The van der Waals surface area contributed by atoms with Gasteiger partial charge in [0.1, 0.15) is 5.75 Å². The van der Waals surface area contributed by atoms with Crippen LogP contribution >= 0.6 is 0 Å². The van der Waals surface area contributed by atoms with E-state index in [0.717, 1.165) is 53.7 Å². The third-order valence-corrected chi connectivity index (χ3v) is 9.46. The first-order chi connectivity index (χ1) is 21.3. The average Bonchev–Trinajstić information content (AvgIpc) is 3.03. The molecule has 4 heterocycles. The second-order valence-electron chi connectivity index (χ2n) is 12.1. The van der Waals surface area contributed by atoms with Crippen molar-refractivity contribution in [1.29, 1.82) is 0 Å². The summed E-state index contributed by atoms with van der Waals surface area (Å²) in [7, 11) is 7.46. The summed E-state index contributed by atoms with van der Waals surface area (Å²) in [6.07, 6.45) is 3.08. The van der Waals surface area contributed by atoms with Crippen molar-refractivity contribution in [2.45, 2.75) is 37.8 Å². The first-order valence-corrected chi connectivity index (χ1v) is 15.1. The summed E-state index contributed by atoms with van der Waals surface area (Å²) < 4.78 is 24.5. The maximum absolute atomic E-state index is 11.6. The fraction of sp³-hybridized carbons (Fsp3) is 0.333. The van der Waals surface area contributed by atoms with Gasteiger partial charge in [-0.3, -0.25) is 9.80 Å². The van der Waals surface area contributed by atoms with Crippen molar-refractivity contribution in [3.63, 3.8) is 0 Å². The second-order valence-corrected chi connectivity index (χ2v) is 12.1. The van der Waals surface area contributed by atoms with Crippen LogP contribution in [0.1, 0.15) is 45.5 Å². The minimum Gasteiger partial charge on any atom is -0.504 e. The van der Waals surface area contributed by atoms with Gasteiger partial charge >= 0.3 is 0 Å². The largest absolute Gasteiger partial charge is 0.504 e. The van der Waals surface area contributed by atoms with Crippen LogP contribution in [-0.4, -0.2) is 61.4 Å². The highest BCUT2D eigenvalue weighted by molar-refractivity contribution is 5.63. The minimum absolute atomic E-state index is 0.0187. The van der Waals surface area contributed by atoms with Crippen LogP contribution in [0.2, 0.25) is 0 Å². The summed E-state index contributed by atoms with van der Waals surface area (Å²) in [5.41, 5.74) is 6.55. The third-order valence-electron chi connectivity index (χ3n) is 9.46. The molecule has 0 aliphatic carbocycles. The van der Waals surface area contributed by atoms with Crippen LogP contribution in [0.15, 0.2) is 60.7 Å². The van der Waals surface area contributed by atoms with E-state index in [9.17, 15) is 10.2 Å². The van der Waals surface area contributed by atoms with Gasteiger partial charge in [0.2, 0.25) is 5.75 Å². The molecule has 228 valence electrons. The Morgan fingerprint density at radius 1 is 0.705 bits per heavy atom. The molecule has 2 N–H and O–H groups in total. The van der Waals surface area contributed by atoms with E-state index < -0.39 is 0 Å². The normalized spacial score (nSPS) is 19.6. The lowest BCUT2D eigenvalue weighted by atomic mass is 9.87. The number of hydrogen-bond acceptors (Lipinski definition) is 8. The maximum Gasteiger partial charge on any atom is 0.201 e. The highest BCUT2D eigenvalue weighted by Crippen LogP contribution is 2.51. The average molecular weight is 595 g/mol. The molecule has 0 saturated carbocycles. The lowest BCUT2D eigenvalue weighted by molar-refractivity contribution is 0.220. The van der Waals surface area contributed by atoms with Crippen LogP contribution < -0.4 is 18.9 Å². The summed E-state index contributed by atoms with van der Waals surface area (Å²) in [6, 6.07) is 19.6. The van der Waals surface area contributed by atoms with E-state index in [4.69, 9.17) is 18.9 Å². The van der Waals surface area contributed by atoms with E-state index >= 15 is 0 Å². The van der Waals surface area contributed by atoms with Crippen LogP contribution in [0.5, 0.6) is 46.0 Å². The quantitative estimate of drug-likeness (QED) is 0.270. The molecule has 0 fully saturated rings. The van der Waals surface area contributed by atoms with Gasteiger partial charge in [-0.25, -0.2) is 0 Å². The van der Waals surface area contributed by atoms with Gasteiger partial charge in [0.15, 0.2) is 34.5 Å². The molecule has 0 unspecified atom stereocenters. The monoisotopic (exact) mass is 594 g/mol. The van der Waals surface area contributed by atoms with Gasteiger partial charge in [-0.1, -0.05) is 18.2 Å². The summed E-state index contributed by atoms with van der Waals surface area (Å²) in [5.74, 6) is 3.14. The molecule has 4 aliphatic rings. The Kier molecular flexibility index (Phi) is 7.26. The standard InChI is InChI=1S/C36H38N2O6/c1-37-13-11-23-18-31(41-3)32-20-26(23)27(37)16-22-7-10-29(39)30(17-22)43-25-8-5-21(6-9-25)15-28-34-24(12-14-38(28)2)19-33(42-4)35(40)36(34)44-32/h5-10,17-20,27-28,39-40H,11-16H2,1-4H3/t27-,28+/m1/s1. The van der Waals surface area contributed by atoms with Crippen molar-refractivity contribution in [3.05, 3.63) is 94.0 Å². The zero-order valence-corrected chi connectivity index (χ0v) is 25.6. The van der Waals surface area contributed by atoms with Gasteiger partial charge < -0.3 is 29.2 Å². The first-order valence-electron chi connectivity index (χ1n) is 15.1. The van der Waals surface area contributed by atoms with E-state index in [1.165, 1.54) is 5.56 Å². The fourth-order valence-electron chi connectivity index (χ4n) is 6.94. The number of ether oxygens (including phenoxy) is 4. The van der Waals surface area contributed by atoms with E-state index in [1.807, 2.05) is 30.3 Å². The Morgan fingerprint density at radius 3 is 2.11 bits per heavy atom. The van der Waals surface area contributed by atoms with Crippen molar-refractivity contribution in [1.82, 2.24) is 9.80 Å². The van der Waals surface area contributed by atoms with Crippen molar-refractivity contribution in [3.8, 4) is 46.0 Å². The van der Waals surface area contributed by atoms with Crippen LogP contribution in [0.4, 0.5) is 0 Å². The van der Waals surface area contributed by atoms with E-state index in [0.29, 0.717) is 47.3 Å². The molecule has 0 saturated heterocycles. The molecule has 4 aromatic carbocycles. The molecule has 2 atom stereocenters. The van der Waals surface area contributed by atoms with Crippen molar-refractivity contribution in [2.75, 3.05) is 41.4 Å². The summed E-state index contributed by atoms with van der Waals surface area (Å²) >= 11 is 0. The SMILES string of the molecule is COc1cc2c3cc1Oc1c(O)c(OC)cc4c1[C@H](Cc1ccc(cc1)Oc1cc(ccc1O)C[C@H]3N(C)CC2)N(C)CC4. The number of aromatic hydroxyl groups is 2. The van der Waals surface area contributed by atoms with Crippen molar-refractivity contribution < 1.29 is 29.2 Å². The number of methoxy groups -OCH3 is 2. The molecular formula is C36H38N2O6. The number of likely N-dealkylation sites (N-methyl/N-ethyl adjacent to an activating group) is 2. The number of phenolic OH excluding ortho intramolecular Hbond substituents is 2. The number of phenols is 2. The molecular weight excluding hydrogens is 556 g/mol. The van der Waals surface area contributed by atoms with Crippen molar-refractivity contribution in [2.24, 2.45) is 0 Å². The van der Waals surface area contributed by atoms with Crippen LogP contribution in [0.3, 0.4) is 0 Å². The Balaban J connectivity index is 1.45. The number of fused-ring (bicyclic) bond motifs is 2. The third kappa shape index (κ3) is 4.98. The molecule has 0 radical (unpaired) electrons. The van der Waals surface area contributed by atoms with E-state index in [2.05, 4.69) is 48.2 Å². The number of rotatable bonds is 2. The minimum atomic E-state index is -0.0561. The predicted molar refractivity (Wildman–Crippen MR) is 168 cm³/mol. The molecule has 44 heavy (non-hydrogen) atoms. The summed E-state index contributed by atoms with van der Waals surface area (Å²) in [5, 5.41) is 22.2. The van der Waals surface area contributed by atoms with Gasteiger partial charge in [0, 0.05) is 30.7 Å². The zero-order valence-electron chi connectivity index (χ0n) is 25.6. The summed E-state index contributed by atoms with van der Waals surface area (Å²) in [6.45, 7) is 1.75. The molecule has 0 aromatic heterocycles. The van der Waals surface area contributed by atoms with Gasteiger partial charge in [-0.05, 0) is 110 Å². The Morgan fingerprint density at radius 2 is 1.36 bits per heavy atom. The first kappa shape index (κ1) is 28.4. The zero-order chi connectivity index (χ0) is 30.5. The van der Waals surface area contributed by atoms with Gasteiger partial charge in [0.25, 0.3) is 0 Å². The number of benzene rings is 4. The molecule has 8 rings (SSSR count). The van der Waals surface area contributed by atoms with Crippen LogP contribution in [0, 0.1) is 0 Å². The lowest BCUT2D eigenvalue weighted by Gasteiger charge is -2.37. The van der Waals surface area contributed by atoms with E-state index in [-0.39, 0.29) is 23.6 Å². The predicted octanol–water partition coefficient (Wildman–Crippen LogP) is 6.56. The van der Waals surface area contributed by atoms with Gasteiger partial charge in [0.05, 0.1) is 14.2 Å². The van der Waals surface area contributed by atoms with Crippen LogP contribution in [0.25, 0.3) is 0 Å².